The van der Waals surface area contributed by atoms with Crippen LogP contribution in [-0.2, 0) is 12.8 Å². The molecule has 3 nitrogen and oxygen atoms in total. The average molecular weight is 297 g/mol. The minimum atomic E-state index is 0.770. The highest BCUT2D eigenvalue weighted by atomic mass is 32.1. The van der Waals surface area contributed by atoms with Gasteiger partial charge < -0.3 is 5.32 Å². The molecule has 0 amide bonds. The number of thiophene rings is 1. The van der Waals surface area contributed by atoms with E-state index >= 15 is 0 Å². The van der Waals surface area contributed by atoms with E-state index in [4.69, 9.17) is 4.98 Å². The van der Waals surface area contributed by atoms with Crippen molar-refractivity contribution in [3.8, 4) is 0 Å². The second-order valence-corrected chi connectivity index (χ2v) is 6.30. The van der Waals surface area contributed by atoms with Crippen LogP contribution in [0.15, 0.2) is 30.3 Å². The Morgan fingerprint density at radius 3 is 2.76 bits per heavy atom. The molecule has 2 aromatic heterocycles. The van der Waals surface area contributed by atoms with E-state index in [1.54, 1.807) is 11.3 Å². The fourth-order valence-corrected chi connectivity index (χ4v) is 3.45. The van der Waals surface area contributed by atoms with Crippen molar-refractivity contribution in [2.24, 2.45) is 0 Å². The number of anilines is 1. The highest BCUT2D eigenvalue weighted by molar-refractivity contribution is 7.18. The summed E-state index contributed by atoms with van der Waals surface area (Å²) in [5.74, 6) is 1.81. The van der Waals surface area contributed by atoms with Crippen molar-refractivity contribution in [2.75, 3.05) is 12.4 Å². The molecule has 0 saturated heterocycles. The number of hydrogen-bond acceptors (Lipinski definition) is 4. The molecule has 0 aliphatic rings. The van der Waals surface area contributed by atoms with E-state index in [-0.39, 0.29) is 0 Å². The first kappa shape index (κ1) is 14.0. The van der Waals surface area contributed by atoms with Gasteiger partial charge in [0.1, 0.15) is 16.5 Å². The monoisotopic (exact) mass is 297 g/mol. The zero-order valence-electron chi connectivity index (χ0n) is 12.6. The maximum absolute atomic E-state index is 4.74. The molecule has 0 aliphatic carbocycles. The Hall–Kier alpha value is -1.94. The molecule has 2 heterocycles. The van der Waals surface area contributed by atoms with Crippen LogP contribution in [0.5, 0.6) is 0 Å². The largest absolute Gasteiger partial charge is 0.372 e. The lowest BCUT2D eigenvalue weighted by atomic mass is 10.1. The van der Waals surface area contributed by atoms with E-state index in [1.165, 1.54) is 16.0 Å². The predicted octanol–water partition coefficient (Wildman–Crippen LogP) is 4.19. The predicted molar refractivity (Wildman–Crippen MR) is 90.3 cm³/mol. The van der Waals surface area contributed by atoms with Gasteiger partial charge in [0.2, 0.25) is 0 Å². The number of nitrogens with zero attached hydrogens (tertiary/aromatic N) is 2. The molecule has 21 heavy (non-hydrogen) atoms. The van der Waals surface area contributed by atoms with Gasteiger partial charge in [0, 0.05) is 18.3 Å². The van der Waals surface area contributed by atoms with E-state index in [9.17, 15) is 0 Å². The first-order valence-corrected chi connectivity index (χ1v) is 8.04. The third-order valence-electron chi connectivity index (χ3n) is 3.52. The summed E-state index contributed by atoms with van der Waals surface area (Å²) in [4.78, 5) is 11.8. The maximum Gasteiger partial charge on any atom is 0.138 e. The molecule has 0 atom stereocenters. The Balaban J connectivity index is 2.02. The van der Waals surface area contributed by atoms with Crippen LogP contribution in [0, 0.1) is 6.92 Å². The van der Waals surface area contributed by atoms with E-state index in [0.29, 0.717) is 0 Å². The minimum Gasteiger partial charge on any atom is -0.372 e. The Bertz CT molecular complexity index is 777. The van der Waals surface area contributed by atoms with E-state index in [2.05, 4.69) is 54.5 Å². The Morgan fingerprint density at radius 1 is 1.19 bits per heavy atom. The number of nitrogens with one attached hydrogen (secondary N) is 1. The number of hydrogen-bond donors (Lipinski definition) is 1. The molecule has 3 rings (SSSR count). The van der Waals surface area contributed by atoms with Crippen molar-refractivity contribution in [2.45, 2.75) is 26.7 Å². The number of aryl methyl sites for hydroxylation is 2. The van der Waals surface area contributed by atoms with E-state index < -0.39 is 0 Å². The highest BCUT2D eigenvalue weighted by Gasteiger charge is 2.11. The third kappa shape index (κ3) is 2.90. The topological polar surface area (TPSA) is 37.8 Å². The Morgan fingerprint density at radius 2 is 2.05 bits per heavy atom. The van der Waals surface area contributed by atoms with Crippen LogP contribution in [0.2, 0.25) is 0 Å². The van der Waals surface area contributed by atoms with Gasteiger partial charge in [-0.1, -0.05) is 36.8 Å². The van der Waals surface area contributed by atoms with Crippen LogP contribution < -0.4 is 5.32 Å². The van der Waals surface area contributed by atoms with Gasteiger partial charge in [-0.2, -0.15) is 0 Å². The second-order valence-electron chi connectivity index (χ2n) is 5.19. The van der Waals surface area contributed by atoms with Crippen LogP contribution in [0.1, 0.15) is 28.8 Å². The lowest BCUT2D eigenvalue weighted by Crippen LogP contribution is -2.01. The van der Waals surface area contributed by atoms with Crippen LogP contribution in [0.25, 0.3) is 10.2 Å². The van der Waals surface area contributed by atoms with Gasteiger partial charge in [-0.15, -0.1) is 11.3 Å². The van der Waals surface area contributed by atoms with Crippen molar-refractivity contribution in [3.63, 3.8) is 0 Å². The number of fused-ring (bicyclic) bond motifs is 1. The van der Waals surface area contributed by atoms with E-state index in [0.717, 1.165) is 34.7 Å². The van der Waals surface area contributed by atoms with Crippen molar-refractivity contribution < 1.29 is 0 Å². The molecule has 3 aromatic rings. The van der Waals surface area contributed by atoms with Crippen LogP contribution in [0.4, 0.5) is 5.82 Å². The fourth-order valence-electron chi connectivity index (χ4n) is 2.46. The summed E-state index contributed by atoms with van der Waals surface area (Å²) in [5.41, 5.74) is 2.52. The van der Waals surface area contributed by atoms with Gasteiger partial charge in [0.25, 0.3) is 0 Å². The van der Waals surface area contributed by atoms with Gasteiger partial charge in [-0.25, -0.2) is 9.97 Å². The zero-order chi connectivity index (χ0) is 14.8. The van der Waals surface area contributed by atoms with Crippen molar-refractivity contribution in [1.82, 2.24) is 9.97 Å². The average Bonchev–Trinajstić information content (AvgIpc) is 2.89. The van der Waals surface area contributed by atoms with Gasteiger partial charge in [0.05, 0.1) is 5.39 Å². The van der Waals surface area contributed by atoms with E-state index in [1.807, 2.05) is 7.05 Å². The summed E-state index contributed by atoms with van der Waals surface area (Å²) in [6.45, 7) is 4.28. The smallest absolute Gasteiger partial charge is 0.138 e. The highest BCUT2D eigenvalue weighted by Crippen LogP contribution is 2.29. The Labute approximate surface area is 129 Å². The number of rotatable bonds is 4. The first-order valence-electron chi connectivity index (χ1n) is 7.22. The third-order valence-corrected chi connectivity index (χ3v) is 4.69. The lowest BCUT2D eigenvalue weighted by Gasteiger charge is -2.06. The molecule has 0 unspecified atom stereocenters. The van der Waals surface area contributed by atoms with Gasteiger partial charge in [-0.05, 0) is 25.0 Å². The molecule has 0 bridgehead atoms. The summed E-state index contributed by atoms with van der Waals surface area (Å²) in [6.07, 6.45) is 1.81. The molecular weight excluding hydrogens is 278 g/mol. The molecule has 0 aliphatic heterocycles. The first-order chi connectivity index (χ1) is 10.2. The SMILES string of the molecule is CCc1cc2c(NC)nc(Cc3cccc(C)c3)nc2s1. The standard InChI is InChI=1S/C17H19N3S/c1-4-13-10-14-16(18-3)19-15(20-17(14)21-13)9-12-7-5-6-11(2)8-12/h5-8,10H,4,9H2,1-3H3,(H,18,19,20). The molecule has 4 heteroatoms. The zero-order valence-corrected chi connectivity index (χ0v) is 13.4. The van der Waals surface area contributed by atoms with Crippen LogP contribution in [-0.4, -0.2) is 17.0 Å². The number of aromatic nitrogens is 2. The normalized spacial score (nSPS) is 11.0. The van der Waals surface area contributed by atoms with Crippen molar-refractivity contribution in [3.05, 3.63) is 52.2 Å². The van der Waals surface area contributed by atoms with Gasteiger partial charge in [-0.3, -0.25) is 0 Å². The molecule has 0 radical (unpaired) electrons. The minimum absolute atomic E-state index is 0.770. The summed E-state index contributed by atoms with van der Waals surface area (Å²) in [6, 6.07) is 10.7. The van der Waals surface area contributed by atoms with Gasteiger partial charge >= 0.3 is 0 Å². The number of benzene rings is 1. The summed E-state index contributed by atoms with van der Waals surface area (Å²) >= 11 is 1.76. The molecular formula is C17H19N3S. The Kier molecular flexibility index (Phi) is 3.88. The maximum atomic E-state index is 4.74. The van der Waals surface area contributed by atoms with Gasteiger partial charge in [0.15, 0.2) is 0 Å². The molecule has 1 aromatic carbocycles. The molecule has 0 fully saturated rings. The second kappa shape index (κ2) is 5.82. The quantitative estimate of drug-likeness (QED) is 0.784. The van der Waals surface area contributed by atoms with Crippen molar-refractivity contribution in [1.29, 1.82) is 0 Å². The van der Waals surface area contributed by atoms with Crippen LogP contribution in [0.3, 0.4) is 0 Å². The fraction of sp³-hybridized carbons (Fsp3) is 0.294. The summed E-state index contributed by atoms with van der Waals surface area (Å²) < 4.78 is 0. The van der Waals surface area contributed by atoms with Crippen LogP contribution >= 0.6 is 11.3 Å². The molecule has 108 valence electrons. The van der Waals surface area contributed by atoms with Crippen molar-refractivity contribution >= 4 is 27.4 Å². The molecule has 0 saturated carbocycles. The summed E-state index contributed by atoms with van der Waals surface area (Å²) in [7, 11) is 1.92. The molecule has 0 spiro atoms. The molecule has 1 N–H and O–H groups in total. The summed E-state index contributed by atoms with van der Waals surface area (Å²) in [5, 5.41) is 4.33. The lowest BCUT2D eigenvalue weighted by molar-refractivity contribution is 0.996.